The highest BCUT2D eigenvalue weighted by Crippen LogP contribution is 2.61. The number of hydrogen-bond acceptors (Lipinski definition) is 3. The van der Waals surface area contributed by atoms with Crippen LogP contribution in [0.3, 0.4) is 0 Å². The summed E-state index contributed by atoms with van der Waals surface area (Å²) < 4.78 is 15.6. The van der Waals surface area contributed by atoms with E-state index in [0.717, 1.165) is 83.2 Å². The quantitative estimate of drug-likeness (QED) is 0.173. The summed E-state index contributed by atoms with van der Waals surface area (Å²) in [6.45, 7) is 0. The van der Waals surface area contributed by atoms with Gasteiger partial charge in [0.1, 0.15) is 16.7 Å². The molecule has 0 amide bonds. The molecule has 0 bridgehead atoms. The maximum absolute atomic E-state index is 6.78. The molecule has 2 aliphatic rings. The zero-order valence-corrected chi connectivity index (χ0v) is 38.3. The third kappa shape index (κ3) is 5.18. The van der Waals surface area contributed by atoms with Crippen molar-refractivity contribution in [2.45, 2.75) is 5.41 Å². The van der Waals surface area contributed by atoms with Crippen LogP contribution in [0.25, 0.3) is 105 Å². The molecule has 330 valence electrons. The molecule has 71 heavy (non-hydrogen) atoms. The second-order valence-corrected chi connectivity index (χ2v) is 19.1. The topological polar surface area (TPSA) is 34.5 Å². The van der Waals surface area contributed by atoms with Gasteiger partial charge in [0, 0.05) is 43.7 Å². The van der Waals surface area contributed by atoms with E-state index in [4.69, 9.17) is 8.83 Å². The molecule has 0 atom stereocenters. The van der Waals surface area contributed by atoms with E-state index in [9.17, 15) is 0 Å². The number of hydrogen-bond donors (Lipinski definition) is 0. The van der Waals surface area contributed by atoms with E-state index >= 15 is 0 Å². The van der Waals surface area contributed by atoms with Gasteiger partial charge in [0.15, 0.2) is 5.58 Å². The molecule has 1 spiro atoms. The molecule has 4 nitrogen and oxygen atoms in total. The maximum atomic E-state index is 6.78. The third-order valence-electron chi connectivity index (χ3n) is 15.6. The summed E-state index contributed by atoms with van der Waals surface area (Å²) >= 11 is 0. The molecule has 16 rings (SSSR count). The molecule has 0 saturated carbocycles. The van der Waals surface area contributed by atoms with Crippen LogP contribution in [-0.4, -0.2) is 4.57 Å². The van der Waals surface area contributed by atoms with Crippen LogP contribution in [0, 0.1) is 0 Å². The summed E-state index contributed by atoms with van der Waals surface area (Å²) in [5.41, 5.74) is 22.1. The number of para-hydroxylation sites is 5. The van der Waals surface area contributed by atoms with Crippen molar-refractivity contribution in [3.05, 3.63) is 265 Å². The molecule has 0 unspecified atom stereocenters. The van der Waals surface area contributed by atoms with Crippen molar-refractivity contribution in [2.24, 2.45) is 0 Å². The lowest BCUT2D eigenvalue weighted by atomic mass is 9.65. The molecule has 11 aromatic carbocycles. The van der Waals surface area contributed by atoms with E-state index in [0.29, 0.717) is 0 Å². The predicted octanol–water partition coefficient (Wildman–Crippen LogP) is 18.1. The van der Waals surface area contributed by atoms with Crippen LogP contribution in [-0.2, 0) is 5.41 Å². The van der Waals surface area contributed by atoms with Gasteiger partial charge in [-0.25, -0.2) is 0 Å². The van der Waals surface area contributed by atoms with Gasteiger partial charge in [0.2, 0.25) is 0 Å². The van der Waals surface area contributed by atoms with Crippen molar-refractivity contribution in [1.29, 1.82) is 0 Å². The van der Waals surface area contributed by atoms with E-state index in [1.54, 1.807) is 0 Å². The summed E-state index contributed by atoms with van der Waals surface area (Å²) in [7, 11) is 0. The summed E-state index contributed by atoms with van der Waals surface area (Å²) in [4.78, 5) is 2.35. The highest BCUT2D eigenvalue weighted by molar-refractivity contribution is 6.15. The summed E-state index contributed by atoms with van der Waals surface area (Å²) in [6.07, 6.45) is 0. The second-order valence-electron chi connectivity index (χ2n) is 19.1. The fourth-order valence-corrected chi connectivity index (χ4v) is 12.7. The Labute approximate surface area is 408 Å². The monoisotopic (exact) mass is 904 g/mol. The van der Waals surface area contributed by atoms with Crippen LogP contribution in [0.1, 0.15) is 22.3 Å². The minimum Gasteiger partial charge on any atom is -0.456 e. The van der Waals surface area contributed by atoms with E-state index < -0.39 is 5.41 Å². The van der Waals surface area contributed by atoms with Gasteiger partial charge in [-0.3, -0.25) is 0 Å². The Hall–Kier alpha value is -9.38. The Morgan fingerprint density at radius 3 is 1.77 bits per heavy atom. The average Bonchev–Trinajstić information content (AvgIpc) is 4.19. The Bertz CT molecular complexity index is 4500. The first-order chi connectivity index (χ1) is 35.2. The number of rotatable bonds is 5. The summed E-state index contributed by atoms with van der Waals surface area (Å²) in [6, 6.07) is 88.6. The van der Waals surface area contributed by atoms with Crippen LogP contribution in [0.2, 0.25) is 0 Å². The molecule has 14 aromatic rings. The highest BCUT2D eigenvalue weighted by atomic mass is 16.3. The van der Waals surface area contributed by atoms with Crippen LogP contribution >= 0.6 is 0 Å². The van der Waals surface area contributed by atoms with E-state index in [2.05, 4.69) is 234 Å². The standard InChI is InChI=1S/C67H40N2O2/c1-6-25-54-47(17-1)48-18-2-7-26-55(48)67(54)56-38-35-43(40-60(56)69-58-28-8-3-19-49(58)51-23-12-27-57(67)65(51)69)42-15-11-16-45(39-42)68(59-29-13-24-52-50-20-4-9-30-61(50)71-66(52)59)44-36-33-41(34-37-44)46-22-14-32-63-64(46)53-21-5-10-31-62(53)70-63/h1-40H. The molecule has 1 aliphatic carbocycles. The van der Waals surface area contributed by atoms with Crippen molar-refractivity contribution in [1.82, 2.24) is 4.57 Å². The molecule has 4 heterocycles. The first-order valence-electron chi connectivity index (χ1n) is 24.4. The van der Waals surface area contributed by atoms with Crippen molar-refractivity contribution in [3.8, 4) is 39.1 Å². The van der Waals surface area contributed by atoms with Gasteiger partial charge in [-0.1, -0.05) is 182 Å². The van der Waals surface area contributed by atoms with Crippen LogP contribution in [0.15, 0.2) is 251 Å². The normalized spacial score (nSPS) is 13.2. The van der Waals surface area contributed by atoms with E-state index in [1.165, 1.54) is 60.9 Å². The third-order valence-corrected chi connectivity index (χ3v) is 15.6. The van der Waals surface area contributed by atoms with Crippen LogP contribution < -0.4 is 4.90 Å². The molecule has 0 radical (unpaired) electrons. The van der Waals surface area contributed by atoms with Crippen molar-refractivity contribution in [2.75, 3.05) is 4.90 Å². The largest absolute Gasteiger partial charge is 0.456 e. The molecular weight excluding hydrogens is 865 g/mol. The van der Waals surface area contributed by atoms with Gasteiger partial charge >= 0.3 is 0 Å². The number of furan rings is 2. The molecule has 3 aromatic heterocycles. The van der Waals surface area contributed by atoms with Gasteiger partial charge in [-0.15, -0.1) is 0 Å². The van der Waals surface area contributed by atoms with Gasteiger partial charge in [0.25, 0.3) is 0 Å². The van der Waals surface area contributed by atoms with Crippen molar-refractivity contribution in [3.63, 3.8) is 0 Å². The van der Waals surface area contributed by atoms with Gasteiger partial charge in [0.05, 0.1) is 27.8 Å². The number of aromatic nitrogens is 1. The fourth-order valence-electron chi connectivity index (χ4n) is 12.7. The molecule has 1 aliphatic heterocycles. The Kier molecular flexibility index (Phi) is 7.79. The predicted molar refractivity (Wildman–Crippen MR) is 292 cm³/mol. The van der Waals surface area contributed by atoms with Crippen molar-refractivity contribution < 1.29 is 8.83 Å². The molecule has 0 saturated heterocycles. The van der Waals surface area contributed by atoms with Gasteiger partial charge in [-0.2, -0.15) is 0 Å². The number of nitrogens with zero attached hydrogens (tertiary/aromatic N) is 2. The Morgan fingerprint density at radius 1 is 0.352 bits per heavy atom. The lowest BCUT2D eigenvalue weighted by Crippen LogP contribution is -2.33. The average molecular weight is 905 g/mol. The number of anilines is 3. The van der Waals surface area contributed by atoms with Gasteiger partial charge in [-0.05, 0) is 116 Å². The number of fused-ring (bicyclic) bond motifs is 18. The molecule has 0 fully saturated rings. The van der Waals surface area contributed by atoms with Gasteiger partial charge < -0.3 is 18.3 Å². The molecular formula is C67H40N2O2. The zero-order chi connectivity index (χ0) is 46.4. The first kappa shape index (κ1) is 38.6. The molecule has 4 heteroatoms. The Morgan fingerprint density at radius 2 is 0.944 bits per heavy atom. The maximum Gasteiger partial charge on any atom is 0.159 e. The summed E-state index contributed by atoms with van der Waals surface area (Å²) in [5.74, 6) is 0. The van der Waals surface area contributed by atoms with Crippen molar-refractivity contribution >= 4 is 82.7 Å². The minimum absolute atomic E-state index is 0.503. The van der Waals surface area contributed by atoms with Crippen LogP contribution in [0.4, 0.5) is 17.1 Å². The van der Waals surface area contributed by atoms with Crippen LogP contribution in [0.5, 0.6) is 0 Å². The number of benzene rings is 11. The highest BCUT2D eigenvalue weighted by Gasteiger charge is 2.50. The summed E-state index contributed by atoms with van der Waals surface area (Å²) in [5, 5.41) is 6.96. The van der Waals surface area contributed by atoms with E-state index in [1.807, 2.05) is 18.2 Å². The SMILES string of the molecule is c1cc(-c2ccc3c(c2)-n2c4ccccc4c4cccc(c42)C32c3ccccc3-c3ccccc32)cc(N(c2ccc(-c3cccc4oc5ccccc5c34)cc2)c2cccc3c2oc2ccccc23)c1. The Balaban J connectivity index is 0.905. The minimum atomic E-state index is -0.503. The lowest BCUT2D eigenvalue weighted by Gasteiger charge is -2.39. The van der Waals surface area contributed by atoms with E-state index in [-0.39, 0.29) is 0 Å². The fraction of sp³-hybridized carbons (Fsp3) is 0.0149. The molecule has 0 N–H and O–H groups in total. The first-order valence-corrected chi connectivity index (χ1v) is 24.4. The smallest absolute Gasteiger partial charge is 0.159 e. The lowest BCUT2D eigenvalue weighted by molar-refractivity contribution is 0.668. The zero-order valence-electron chi connectivity index (χ0n) is 38.3. The second kappa shape index (κ2) is 14.3.